The number of nitrogens with one attached hydrogen (secondary N) is 2. The molecular formula is C24H27FN4O6. The summed E-state index contributed by atoms with van der Waals surface area (Å²) in [6, 6.07) is 8.18. The molecule has 3 aromatic rings. The number of primary amides is 1. The number of rotatable bonds is 12. The predicted octanol–water partition coefficient (Wildman–Crippen LogP) is 3.45. The largest absolute Gasteiger partial charge is 0.490 e. The van der Waals surface area contributed by atoms with Crippen LogP contribution in [0.25, 0.3) is 10.9 Å². The molecule has 0 radical (unpaired) electrons. The molecular weight excluding hydrogens is 459 g/mol. The molecule has 3 amide bonds. The second-order valence-corrected chi connectivity index (χ2v) is 7.35. The molecule has 0 atom stereocenters. The quantitative estimate of drug-likeness (QED) is 0.334. The molecule has 0 saturated heterocycles. The van der Waals surface area contributed by atoms with Gasteiger partial charge in [-0.15, -0.1) is 0 Å². The van der Waals surface area contributed by atoms with E-state index in [9.17, 15) is 14.0 Å². The number of ether oxygens (including phenoxy) is 4. The molecule has 0 fully saturated rings. The Balaban J connectivity index is 1.78. The number of carbonyl (C=O) groups is 2. The number of hydrogen-bond donors (Lipinski definition) is 3. The van der Waals surface area contributed by atoms with Gasteiger partial charge in [0.05, 0.1) is 23.4 Å². The maximum absolute atomic E-state index is 14.6. The zero-order chi connectivity index (χ0) is 25.2. The average Bonchev–Trinajstić information content (AvgIpc) is 2.83. The highest BCUT2D eigenvalue weighted by atomic mass is 19.1. The number of pyridine rings is 1. The number of methoxy groups -OCH3 is 2. The van der Waals surface area contributed by atoms with Crippen molar-refractivity contribution < 1.29 is 32.9 Å². The van der Waals surface area contributed by atoms with Gasteiger partial charge in [0.2, 0.25) is 0 Å². The van der Waals surface area contributed by atoms with E-state index in [-0.39, 0.29) is 29.4 Å². The van der Waals surface area contributed by atoms with Gasteiger partial charge in [0.15, 0.2) is 0 Å². The summed E-state index contributed by atoms with van der Waals surface area (Å²) in [5.74, 6) is -0.580. The second-order valence-electron chi connectivity index (χ2n) is 7.35. The number of carbonyl (C=O) groups excluding carboxylic acids is 2. The van der Waals surface area contributed by atoms with E-state index in [1.807, 2.05) is 0 Å². The number of nitrogens with two attached hydrogens (primary N) is 1. The van der Waals surface area contributed by atoms with Gasteiger partial charge in [-0.05, 0) is 30.7 Å². The molecule has 2 aromatic carbocycles. The zero-order valence-electron chi connectivity index (χ0n) is 19.4. The highest BCUT2D eigenvalue weighted by molar-refractivity contribution is 6.01. The summed E-state index contributed by atoms with van der Waals surface area (Å²) < 4.78 is 35.9. The summed E-state index contributed by atoms with van der Waals surface area (Å²) >= 11 is 0. The highest BCUT2D eigenvalue weighted by Gasteiger charge is 2.16. The Hall–Kier alpha value is -3.96. The maximum Gasteiger partial charge on any atom is 0.319 e. The van der Waals surface area contributed by atoms with Gasteiger partial charge in [0, 0.05) is 51.1 Å². The van der Waals surface area contributed by atoms with E-state index in [0.717, 1.165) is 6.07 Å². The highest BCUT2D eigenvalue weighted by Crippen LogP contribution is 2.34. The molecule has 0 saturated carbocycles. The number of anilines is 1. The van der Waals surface area contributed by atoms with Gasteiger partial charge in [-0.2, -0.15) is 0 Å². The lowest BCUT2D eigenvalue weighted by Gasteiger charge is -2.14. The summed E-state index contributed by atoms with van der Waals surface area (Å²) in [5, 5.41) is 5.55. The van der Waals surface area contributed by atoms with Gasteiger partial charge < -0.3 is 35.3 Å². The minimum absolute atomic E-state index is 0.00459. The lowest BCUT2D eigenvalue weighted by molar-refractivity contribution is 0.0992. The molecule has 11 heteroatoms. The number of fused-ring (bicyclic) bond motifs is 1. The van der Waals surface area contributed by atoms with E-state index in [0.29, 0.717) is 42.8 Å². The van der Waals surface area contributed by atoms with Crippen LogP contribution < -0.4 is 25.8 Å². The van der Waals surface area contributed by atoms with E-state index in [4.69, 9.17) is 24.7 Å². The molecule has 3 rings (SSSR count). The van der Waals surface area contributed by atoms with Crippen molar-refractivity contribution in [1.29, 1.82) is 0 Å². The molecule has 4 N–H and O–H groups in total. The number of urea groups is 1. The van der Waals surface area contributed by atoms with Crippen LogP contribution in [0.3, 0.4) is 0 Å². The van der Waals surface area contributed by atoms with Crippen LogP contribution in [0.1, 0.15) is 16.8 Å². The van der Waals surface area contributed by atoms with Crippen LogP contribution in [0.2, 0.25) is 0 Å². The molecule has 0 spiro atoms. The number of hydrogen-bond acceptors (Lipinski definition) is 7. The summed E-state index contributed by atoms with van der Waals surface area (Å²) in [6.07, 6.45) is 2.15. The van der Waals surface area contributed by atoms with E-state index in [1.54, 1.807) is 19.2 Å². The van der Waals surface area contributed by atoms with Gasteiger partial charge in [0.25, 0.3) is 5.91 Å². The van der Waals surface area contributed by atoms with E-state index >= 15 is 0 Å². The zero-order valence-corrected chi connectivity index (χ0v) is 19.4. The van der Waals surface area contributed by atoms with Crippen molar-refractivity contribution in [3.8, 4) is 17.2 Å². The number of benzene rings is 2. The lowest BCUT2D eigenvalue weighted by atomic mass is 10.1. The normalized spacial score (nSPS) is 10.7. The van der Waals surface area contributed by atoms with E-state index in [2.05, 4.69) is 15.6 Å². The third kappa shape index (κ3) is 7.01. The number of amides is 3. The predicted molar refractivity (Wildman–Crippen MR) is 128 cm³/mol. The molecule has 0 aliphatic carbocycles. The van der Waals surface area contributed by atoms with Gasteiger partial charge in [-0.25, -0.2) is 9.18 Å². The summed E-state index contributed by atoms with van der Waals surface area (Å²) in [7, 11) is 3.11. The number of halogens is 1. The Kier molecular flexibility index (Phi) is 9.16. The van der Waals surface area contributed by atoms with Crippen molar-refractivity contribution >= 4 is 28.5 Å². The SMILES string of the molecule is COCCCNC(=O)Nc1ccc(Oc2ccnc3cc(OCCOC)c(C(N)=O)cc23)cc1F. The Bertz CT molecular complexity index is 1190. The second kappa shape index (κ2) is 12.5. The molecule has 186 valence electrons. The van der Waals surface area contributed by atoms with Crippen LogP contribution in [0.5, 0.6) is 17.2 Å². The summed E-state index contributed by atoms with van der Waals surface area (Å²) in [5.41, 5.74) is 6.16. The monoisotopic (exact) mass is 486 g/mol. The standard InChI is InChI=1S/C24H27FN4O6/c1-32-9-3-7-28-24(31)29-19-5-4-15(12-18(19)25)35-21-6-8-27-20-14-22(34-11-10-33-2)17(23(26)30)13-16(20)21/h4-6,8,12-14H,3,7,9-11H2,1-2H3,(H2,26,30)(H2,28,29,31). The molecule has 1 heterocycles. The van der Waals surface area contributed by atoms with E-state index < -0.39 is 17.8 Å². The number of nitrogens with zero attached hydrogens (tertiary/aromatic N) is 1. The smallest absolute Gasteiger partial charge is 0.319 e. The van der Waals surface area contributed by atoms with Crippen molar-refractivity contribution in [2.45, 2.75) is 6.42 Å². The molecule has 0 aliphatic heterocycles. The first-order valence-electron chi connectivity index (χ1n) is 10.8. The first-order valence-corrected chi connectivity index (χ1v) is 10.8. The van der Waals surface area contributed by atoms with Gasteiger partial charge in [-0.3, -0.25) is 9.78 Å². The molecule has 0 unspecified atom stereocenters. The van der Waals surface area contributed by atoms with Crippen molar-refractivity contribution in [2.75, 3.05) is 45.9 Å². The Morgan fingerprint density at radius 3 is 2.54 bits per heavy atom. The van der Waals surface area contributed by atoms with Gasteiger partial charge >= 0.3 is 6.03 Å². The molecule has 1 aromatic heterocycles. The maximum atomic E-state index is 14.6. The lowest BCUT2D eigenvalue weighted by Crippen LogP contribution is -2.30. The van der Waals surface area contributed by atoms with Crippen molar-refractivity contribution in [1.82, 2.24) is 10.3 Å². The first-order chi connectivity index (χ1) is 16.9. The van der Waals surface area contributed by atoms with Crippen LogP contribution in [0.4, 0.5) is 14.9 Å². The third-order valence-electron chi connectivity index (χ3n) is 4.84. The first kappa shape index (κ1) is 25.7. The minimum atomic E-state index is -0.684. The minimum Gasteiger partial charge on any atom is -0.490 e. The topological polar surface area (TPSA) is 134 Å². The van der Waals surface area contributed by atoms with Crippen LogP contribution >= 0.6 is 0 Å². The Morgan fingerprint density at radius 2 is 1.83 bits per heavy atom. The van der Waals surface area contributed by atoms with Gasteiger partial charge in [-0.1, -0.05) is 0 Å². The molecule has 0 bridgehead atoms. The van der Waals surface area contributed by atoms with Crippen LogP contribution in [0, 0.1) is 5.82 Å². The van der Waals surface area contributed by atoms with Crippen molar-refractivity contribution in [3.05, 3.63) is 54.0 Å². The van der Waals surface area contributed by atoms with Crippen molar-refractivity contribution in [2.24, 2.45) is 5.73 Å². The molecule has 10 nitrogen and oxygen atoms in total. The van der Waals surface area contributed by atoms with Crippen molar-refractivity contribution in [3.63, 3.8) is 0 Å². The van der Waals surface area contributed by atoms with Crippen LogP contribution in [0.15, 0.2) is 42.6 Å². The third-order valence-corrected chi connectivity index (χ3v) is 4.84. The Morgan fingerprint density at radius 1 is 1.03 bits per heavy atom. The fourth-order valence-electron chi connectivity index (χ4n) is 3.16. The fourth-order valence-corrected chi connectivity index (χ4v) is 3.16. The van der Waals surface area contributed by atoms with E-state index in [1.165, 1.54) is 31.5 Å². The van der Waals surface area contributed by atoms with Gasteiger partial charge in [0.1, 0.15) is 29.7 Å². The van der Waals surface area contributed by atoms with Crippen LogP contribution in [-0.2, 0) is 9.47 Å². The number of aromatic nitrogens is 1. The molecule has 0 aliphatic rings. The van der Waals surface area contributed by atoms with Crippen LogP contribution in [-0.4, -0.2) is 57.5 Å². The molecule has 35 heavy (non-hydrogen) atoms. The Labute approximate surface area is 201 Å². The summed E-state index contributed by atoms with van der Waals surface area (Å²) in [6.45, 7) is 1.46. The average molecular weight is 487 g/mol. The fraction of sp³-hybridized carbons (Fsp3) is 0.292. The summed E-state index contributed by atoms with van der Waals surface area (Å²) in [4.78, 5) is 28.2.